The van der Waals surface area contributed by atoms with Crippen LogP contribution in [0.5, 0.6) is 0 Å². The Hall–Kier alpha value is -1.30. The highest BCUT2D eigenvalue weighted by atomic mass is 33.1. The molecule has 0 spiro atoms. The van der Waals surface area contributed by atoms with E-state index in [1.54, 1.807) is 12.1 Å². The molecule has 1 aliphatic carbocycles. The van der Waals surface area contributed by atoms with Gasteiger partial charge in [-0.2, -0.15) is 0 Å². The summed E-state index contributed by atoms with van der Waals surface area (Å²) in [6.07, 6.45) is 14.3. The molecule has 0 saturated carbocycles. The second-order valence-corrected chi connectivity index (χ2v) is 14.8. The van der Waals surface area contributed by atoms with Crippen molar-refractivity contribution in [1.82, 2.24) is 4.90 Å². The minimum atomic E-state index is -0.00812. The van der Waals surface area contributed by atoms with Gasteiger partial charge >= 0.3 is 0 Å². The Balaban J connectivity index is 1.89. The molecule has 2 rings (SSSR count). The van der Waals surface area contributed by atoms with Crippen LogP contribution in [-0.4, -0.2) is 42.9 Å². The molecule has 0 N–H and O–H groups in total. The number of rotatable bonds is 19. The molecule has 0 saturated heterocycles. The van der Waals surface area contributed by atoms with Gasteiger partial charge in [-0.15, -0.1) is 0 Å². The van der Waals surface area contributed by atoms with Crippen molar-refractivity contribution < 1.29 is 9.59 Å². The van der Waals surface area contributed by atoms with Crippen molar-refractivity contribution in [2.45, 2.75) is 98.8 Å². The third-order valence-corrected chi connectivity index (χ3v) is 10.3. The molecule has 0 heterocycles. The first-order chi connectivity index (χ1) is 18.6. The summed E-state index contributed by atoms with van der Waals surface area (Å²) >= 11 is 0. The summed E-state index contributed by atoms with van der Waals surface area (Å²) in [5, 5.41) is 0. The van der Waals surface area contributed by atoms with Crippen molar-refractivity contribution in [3.8, 4) is 0 Å². The molecule has 2 atom stereocenters. The molecule has 3 nitrogen and oxygen atoms in total. The van der Waals surface area contributed by atoms with Gasteiger partial charge in [0.15, 0.2) is 11.6 Å². The molecule has 1 aromatic rings. The maximum absolute atomic E-state index is 13.2. The molecular weight excluding hydrogens is 519 g/mol. The van der Waals surface area contributed by atoms with Crippen LogP contribution in [0.25, 0.3) is 0 Å². The molecule has 218 valence electrons. The predicted octanol–water partition coefficient (Wildman–Crippen LogP) is 10.0. The standard InChI is InChI=1S/C34H53NO2S2/c1-25(2)13-10-14-26(3)15-11-16-27(4)17-12-18-29(39-38-24-23-35(6)7)21-22-30-28(5)33(36)31-19-8-9-20-32(31)34(30)37/h8-9,19-21,25-27H,10-18,22-24H2,1-7H3/b29-21+. The highest BCUT2D eigenvalue weighted by molar-refractivity contribution is 8.78. The third kappa shape index (κ3) is 12.4. The van der Waals surface area contributed by atoms with Gasteiger partial charge in [-0.1, -0.05) is 125 Å². The topological polar surface area (TPSA) is 37.4 Å². The average Bonchev–Trinajstić information content (AvgIpc) is 2.89. The van der Waals surface area contributed by atoms with Crippen molar-refractivity contribution in [3.63, 3.8) is 0 Å². The Labute approximate surface area is 247 Å². The minimum Gasteiger partial charge on any atom is -0.309 e. The molecule has 1 aromatic carbocycles. The van der Waals surface area contributed by atoms with Gasteiger partial charge in [-0.05, 0) is 62.9 Å². The Morgan fingerprint density at radius 3 is 2.00 bits per heavy atom. The monoisotopic (exact) mass is 571 g/mol. The van der Waals surface area contributed by atoms with Gasteiger partial charge in [0.05, 0.1) is 0 Å². The number of ketones is 2. The molecule has 0 aromatic heterocycles. The first-order valence-electron chi connectivity index (χ1n) is 15.1. The van der Waals surface area contributed by atoms with Gasteiger partial charge < -0.3 is 4.90 Å². The third-order valence-electron chi connectivity index (χ3n) is 7.80. The highest BCUT2D eigenvalue weighted by Gasteiger charge is 2.28. The van der Waals surface area contributed by atoms with Crippen LogP contribution in [0.1, 0.15) is 120 Å². The molecule has 0 aliphatic heterocycles. The largest absolute Gasteiger partial charge is 0.309 e. The lowest BCUT2D eigenvalue weighted by molar-refractivity contribution is 0.0973. The van der Waals surface area contributed by atoms with Crippen LogP contribution < -0.4 is 0 Å². The summed E-state index contributed by atoms with van der Waals surface area (Å²) in [5.74, 6) is 3.48. The average molecular weight is 572 g/mol. The number of carbonyl (C=O) groups excluding carboxylic acids is 2. The summed E-state index contributed by atoms with van der Waals surface area (Å²) in [4.78, 5) is 29.7. The van der Waals surface area contributed by atoms with E-state index in [1.165, 1.54) is 56.3 Å². The lowest BCUT2D eigenvalue weighted by Crippen LogP contribution is -2.20. The molecule has 5 heteroatoms. The summed E-state index contributed by atoms with van der Waals surface area (Å²) in [5.41, 5.74) is 2.35. The number of Topliss-reactive ketones (excluding diaryl/α,β-unsaturated/α-hetero) is 2. The highest BCUT2D eigenvalue weighted by Crippen LogP contribution is 2.36. The van der Waals surface area contributed by atoms with Gasteiger partial charge in [-0.25, -0.2) is 0 Å². The van der Waals surface area contributed by atoms with E-state index in [0.717, 1.165) is 36.5 Å². The fourth-order valence-electron chi connectivity index (χ4n) is 5.13. The van der Waals surface area contributed by atoms with Gasteiger partial charge in [0.2, 0.25) is 0 Å². The van der Waals surface area contributed by atoms with E-state index in [2.05, 4.69) is 52.8 Å². The molecule has 0 amide bonds. The summed E-state index contributed by atoms with van der Waals surface area (Å²) in [7, 11) is 7.96. The molecule has 0 radical (unpaired) electrons. The van der Waals surface area contributed by atoms with E-state index in [9.17, 15) is 9.59 Å². The zero-order valence-electron chi connectivity index (χ0n) is 25.7. The Kier molecular flexibility index (Phi) is 15.8. The number of hydrogen-bond acceptors (Lipinski definition) is 5. The van der Waals surface area contributed by atoms with E-state index in [-0.39, 0.29) is 11.6 Å². The van der Waals surface area contributed by atoms with Crippen LogP contribution in [0.4, 0.5) is 0 Å². The van der Waals surface area contributed by atoms with E-state index in [0.29, 0.717) is 28.7 Å². The van der Waals surface area contributed by atoms with Gasteiger partial charge in [0, 0.05) is 34.6 Å². The molecule has 0 bridgehead atoms. The zero-order chi connectivity index (χ0) is 28.8. The molecular formula is C34H53NO2S2. The smallest absolute Gasteiger partial charge is 0.190 e. The maximum Gasteiger partial charge on any atom is 0.190 e. The summed E-state index contributed by atoms with van der Waals surface area (Å²) < 4.78 is 0. The maximum atomic E-state index is 13.2. The predicted molar refractivity (Wildman–Crippen MR) is 174 cm³/mol. The van der Waals surface area contributed by atoms with Crippen LogP contribution in [0, 0.1) is 17.8 Å². The van der Waals surface area contributed by atoms with E-state index in [1.807, 2.05) is 40.6 Å². The normalized spacial score (nSPS) is 15.9. The molecule has 1 aliphatic rings. The molecule has 39 heavy (non-hydrogen) atoms. The Morgan fingerprint density at radius 1 is 0.846 bits per heavy atom. The fraction of sp³-hybridized carbons (Fsp3) is 0.647. The number of benzene rings is 1. The number of nitrogens with zero attached hydrogens (tertiary/aromatic N) is 1. The second-order valence-electron chi connectivity index (χ2n) is 12.2. The zero-order valence-corrected chi connectivity index (χ0v) is 27.3. The van der Waals surface area contributed by atoms with Crippen LogP contribution in [0.3, 0.4) is 0 Å². The SMILES string of the molecule is CC1=C(C/C=C(\CCCC(C)CCCC(C)CCCC(C)C)SSCCN(C)C)C(=O)c2ccccc2C1=O. The van der Waals surface area contributed by atoms with Crippen molar-refractivity contribution >= 4 is 33.2 Å². The Morgan fingerprint density at radius 2 is 1.41 bits per heavy atom. The quantitative estimate of drug-likeness (QED) is 0.122. The summed E-state index contributed by atoms with van der Waals surface area (Å²) in [6.45, 7) is 12.3. The number of allylic oxidation sites excluding steroid dienone is 4. The van der Waals surface area contributed by atoms with Gasteiger partial charge in [-0.3, -0.25) is 9.59 Å². The van der Waals surface area contributed by atoms with Gasteiger partial charge in [0.25, 0.3) is 0 Å². The van der Waals surface area contributed by atoms with Crippen LogP contribution in [-0.2, 0) is 0 Å². The Bertz CT molecular complexity index is 979. The fourth-order valence-corrected chi connectivity index (χ4v) is 7.57. The minimum absolute atomic E-state index is 0.00812. The van der Waals surface area contributed by atoms with Crippen molar-refractivity contribution in [2.75, 3.05) is 26.4 Å². The second kappa shape index (κ2) is 18.2. The first kappa shape index (κ1) is 33.9. The van der Waals surface area contributed by atoms with E-state index < -0.39 is 0 Å². The van der Waals surface area contributed by atoms with Crippen LogP contribution in [0.15, 0.2) is 46.4 Å². The van der Waals surface area contributed by atoms with Crippen molar-refractivity contribution in [2.24, 2.45) is 17.8 Å². The number of fused-ring (bicyclic) bond motifs is 1. The van der Waals surface area contributed by atoms with Crippen LogP contribution >= 0.6 is 21.6 Å². The first-order valence-corrected chi connectivity index (χ1v) is 17.4. The van der Waals surface area contributed by atoms with Crippen molar-refractivity contribution in [3.05, 3.63) is 57.5 Å². The number of hydrogen-bond donors (Lipinski definition) is 0. The number of carbonyl (C=O) groups is 2. The van der Waals surface area contributed by atoms with Gasteiger partial charge in [0.1, 0.15) is 0 Å². The lowest BCUT2D eigenvalue weighted by Gasteiger charge is -2.18. The van der Waals surface area contributed by atoms with Crippen molar-refractivity contribution in [1.29, 1.82) is 0 Å². The van der Waals surface area contributed by atoms with E-state index >= 15 is 0 Å². The van der Waals surface area contributed by atoms with Crippen LogP contribution in [0.2, 0.25) is 0 Å². The van der Waals surface area contributed by atoms with E-state index in [4.69, 9.17) is 0 Å². The lowest BCUT2D eigenvalue weighted by atomic mass is 9.83. The summed E-state index contributed by atoms with van der Waals surface area (Å²) in [6, 6.07) is 7.22. The molecule has 0 fully saturated rings. The molecule has 2 unspecified atom stereocenters.